The van der Waals surface area contributed by atoms with Crippen molar-refractivity contribution >= 4 is 70.7 Å². The van der Waals surface area contributed by atoms with Crippen LogP contribution in [0.25, 0.3) is 0 Å². The molecule has 0 saturated carbocycles. The number of nitrogen functional groups attached to an aromatic ring is 1. The molecule has 0 aliphatic heterocycles. The summed E-state index contributed by atoms with van der Waals surface area (Å²) in [4.78, 5) is 92.4. The summed E-state index contributed by atoms with van der Waals surface area (Å²) in [5.41, 5.74) is -3.53. The Morgan fingerprint density at radius 3 is 0.976 bits per heavy atom. The zero-order valence-electron chi connectivity index (χ0n) is 49.8. The molecule has 0 aromatic heterocycles. The first-order chi connectivity index (χ1) is 37.3. The first kappa shape index (κ1) is 69.9. The molecule has 0 heterocycles. The molecule has 0 spiro atoms. The van der Waals surface area contributed by atoms with Crippen molar-refractivity contribution in [1.82, 2.24) is 0 Å². The van der Waals surface area contributed by atoms with Crippen molar-refractivity contribution in [2.24, 2.45) is 0 Å². The molecule has 452 valence electrons. The first-order valence-corrected chi connectivity index (χ1v) is 25.3. The number of aliphatic hydroxyl groups is 1. The molecular weight excluding hydrogens is 1080 g/mol. The SMILES string of the molecule is CC(C)(C)OC(=O)N(Cc1ccc(F)cc1)c1ccc(N)c(N(C(=O)OC(C)(C)C)C(=O)OC(C)(C)C)c1F.CC(C)(C)OC(=O)N(Cc1ccc(F)cc1)c1ccc([N+](=O)[O-])c(N(C(=O)OC(C)(C)C)C(=O)OC(C)(C)C)c1F.CO. The van der Waals surface area contributed by atoms with Gasteiger partial charge >= 0.3 is 36.6 Å². The van der Waals surface area contributed by atoms with E-state index in [-0.39, 0.29) is 29.4 Å². The lowest BCUT2D eigenvalue weighted by Gasteiger charge is -2.31. The van der Waals surface area contributed by atoms with Crippen LogP contribution >= 0.6 is 0 Å². The minimum atomic E-state index is -1.48. The number of carbonyl (C=O) groups is 6. The lowest BCUT2D eigenvalue weighted by atomic mass is 10.1. The first-order valence-electron chi connectivity index (χ1n) is 25.3. The highest BCUT2D eigenvalue weighted by Gasteiger charge is 2.42. The maximum atomic E-state index is 16.5. The van der Waals surface area contributed by atoms with Gasteiger partial charge in [0.1, 0.15) is 50.9 Å². The van der Waals surface area contributed by atoms with Crippen LogP contribution in [0.2, 0.25) is 0 Å². The second kappa shape index (κ2) is 27.5. The van der Waals surface area contributed by atoms with Gasteiger partial charge in [0.2, 0.25) is 0 Å². The molecule has 0 radical (unpaired) electrons. The number of aliphatic hydroxyl groups excluding tert-OH is 1. The fraction of sp³-hybridized carbons (Fsp3) is 0.474. The van der Waals surface area contributed by atoms with Crippen LogP contribution in [0.15, 0.2) is 72.8 Å². The highest BCUT2D eigenvalue weighted by Crippen LogP contribution is 2.41. The fourth-order valence-corrected chi connectivity index (χ4v) is 6.54. The number of nitrogens with zero attached hydrogens (tertiary/aromatic N) is 5. The van der Waals surface area contributed by atoms with E-state index in [1.54, 1.807) is 83.1 Å². The molecule has 25 heteroatoms. The fourth-order valence-electron chi connectivity index (χ4n) is 6.54. The number of amides is 6. The normalized spacial score (nSPS) is 11.7. The minimum absolute atomic E-state index is 0.0820. The van der Waals surface area contributed by atoms with Gasteiger partial charge in [0.05, 0.1) is 35.1 Å². The topological polar surface area (TPSA) is 260 Å². The lowest BCUT2D eigenvalue weighted by molar-refractivity contribution is -0.384. The van der Waals surface area contributed by atoms with Gasteiger partial charge in [0.25, 0.3) is 5.69 Å². The quantitative estimate of drug-likeness (QED) is 0.0519. The minimum Gasteiger partial charge on any atom is -0.443 e. The summed E-state index contributed by atoms with van der Waals surface area (Å²) >= 11 is 0. The molecule has 0 bridgehead atoms. The molecule has 4 rings (SSSR count). The molecule has 4 aromatic carbocycles. The maximum absolute atomic E-state index is 16.5. The number of carbonyl (C=O) groups excluding carboxylic acids is 6. The van der Waals surface area contributed by atoms with Crippen molar-refractivity contribution in [3.63, 3.8) is 0 Å². The van der Waals surface area contributed by atoms with Gasteiger partial charge in [-0.2, -0.15) is 9.80 Å². The van der Waals surface area contributed by atoms with E-state index in [2.05, 4.69) is 0 Å². The number of hydrogen-bond donors (Lipinski definition) is 2. The van der Waals surface area contributed by atoms with Gasteiger partial charge in [0, 0.05) is 13.2 Å². The van der Waals surface area contributed by atoms with Crippen LogP contribution in [-0.4, -0.2) is 87.3 Å². The molecule has 6 amide bonds. The summed E-state index contributed by atoms with van der Waals surface area (Å²) in [7, 11) is 1.00. The Morgan fingerprint density at radius 2 is 0.695 bits per heavy atom. The van der Waals surface area contributed by atoms with Gasteiger partial charge in [-0.3, -0.25) is 19.9 Å². The monoisotopic (exact) mass is 1160 g/mol. The predicted molar refractivity (Wildman–Crippen MR) is 300 cm³/mol. The van der Waals surface area contributed by atoms with E-state index in [9.17, 15) is 47.7 Å². The Bertz CT molecular complexity index is 2860. The molecule has 3 N–H and O–H groups in total. The van der Waals surface area contributed by atoms with Crippen LogP contribution in [0.4, 0.5) is 80.5 Å². The number of nitrogens with two attached hydrogens (primary N) is 1. The molecule has 0 unspecified atom stereocenters. The summed E-state index contributed by atoms with van der Waals surface area (Å²) in [6.45, 7) is 27.3. The zero-order chi connectivity index (χ0) is 63.4. The van der Waals surface area contributed by atoms with Gasteiger partial charge in [-0.1, -0.05) is 24.3 Å². The Labute approximate surface area is 475 Å². The standard InChI is InChI=1S/C28H35F2N3O8.C28H37F2N3O6.CH4O/c1-26(2,3)39-23(34)31(16-17-10-12-18(29)13-11-17)19-14-15-20(33(37)38)22(21(19)30)32(24(35)40-27(4,5)6)25(36)41-28(7,8)9;1-26(2,3)37-23(34)32(16-17-10-12-18(29)13-11-17)20-15-14-19(31)22(21(20)30)33(24(35)38-27(4,5)6)25(36)39-28(7,8)9;1-2/h10-15H,16H2,1-9H3;10-15H,16,31H2,1-9H3;2H,1H3. The highest BCUT2D eigenvalue weighted by atomic mass is 19.1. The summed E-state index contributed by atoms with van der Waals surface area (Å²) < 4.78 is 91.9. The van der Waals surface area contributed by atoms with Gasteiger partial charge in [-0.05, 0) is 178 Å². The number of nitro benzene ring substituents is 1. The van der Waals surface area contributed by atoms with Gasteiger partial charge in [0.15, 0.2) is 17.3 Å². The third kappa shape index (κ3) is 22.0. The number of hydrogen-bond acceptors (Lipinski definition) is 16. The van der Waals surface area contributed by atoms with Crippen LogP contribution < -0.4 is 25.3 Å². The van der Waals surface area contributed by atoms with Gasteiger partial charge in [-0.15, -0.1) is 0 Å². The smallest absolute Gasteiger partial charge is 0.424 e. The van der Waals surface area contributed by atoms with Crippen LogP contribution in [0.3, 0.4) is 0 Å². The van der Waals surface area contributed by atoms with Crippen molar-refractivity contribution in [3.8, 4) is 0 Å². The predicted octanol–water partition coefficient (Wildman–Crippen LogP) is 14.3. The number of anilines is 5. The van der Waals surface area contributed by atoms with Crippen molar-refractivity contribution in [1.29, 1.82) is 0 Å². The van der Waals surface area contributed by atoms with E-state index in [0.29, 0.717) is 16.0 Å². The average molecular weight is 1160 g/mol. The lowest BCUT2D eigenvalue weighted by Crippen LogP contribution is -2.45. The molecule has 0 atom stereocenters. The third-order valence-electron chi connectivity index (χ3n) is 9.47. The second-order valence-electron chi connectivity index (χ2n) is 23.8. The van der Waals surface area contributed by atoms with E-state index in [1.807, 2.05) is 0 Å². The largest absolute Gasteiger partial charge is 0.443 e. The van der Waals surface area contributed by atoms with Crippen molar-refractivity contribution in [2.75, 3.05) is 32.4 Å². The summed E-state index contributed by atoms with van der Waals surface area (Å²) in [6, 6.07) is 14.4. The van der Waals surface area contributed by atoms with Gasteiger partial charge < -0.3 is 39.3 Å². The highest BCUT2D eigenvalue weighted by molar-refractivity contribution is 6.13. The number of ether oxygens (including phenoxy) is 6. The molecule has 0 aliphatic carbocycles. The van der Waals surface area contributed by atoms with E-state index in [1.165, 1.54) is 90.1 Å². The van der Waals surface area contributed by atoms with Crippen molar-refractivity contribution in [3.05, 3.63) is 117 Å². The number of rotatable bonds is 9. The van der Waals surface area contributed by atoms with E-state index in [0.717, 1.165) is 41.2 Å². The third-order valence-corrected chi connectivity index (χ3v) is 9.47. The van der Waals surface area contributed by atoms with Crippen molar-refractivity contribution < 1.29 is 84.8 Å². The molecule has 21 nitrogen and oxygen atoms in total. The molecule has 0 saturated heterocycles. The van der Waals surface area contributed by atoms with Crippen LogP contribution in [0, 0.1) is 33.4 Å². The van der Waals surface area contributed by atoms with Crippen LogP contribution in [-0.2, 0) is 41.5 Å². The molecule has 82 heavy (non-hydrogen) atoms. The summed E-state index contributed by atoms with van der Waals surface area (Å²) in [5, 5.41) is 19.0. The van der Waals surface area contributed by atoms with Crippen molar-refractivity contribution in [2.45, 2.75) is 171 Å². The number of nitro groups is 1. The van der Waals surface area contributed by atoms with Crippen LogP contribution in [0.5, 0.6) is 0 Å². The van der Waals surface area contributed by atoms with E-state index in [4.69, 9.17) is 39.3 Å². The summed E-state index contributed by atoms with van der Waals surface area (Å²) in [6.07, 6.45) is -7.35. The molecule has 0 aliphatic rings. The molecular formula is C57H76F4N6O15. The van der Waals surface area contributed by atoms with E-state index >= 15 is 8.78 Å². The Balaban J connectivity index is 0.000000544. The molecule has 4 aromatic rings. The van der Waals surface area contributed by atoms with Crippen LogP contribution in [0.1, 0.15) is 136 Å². The van der Waals surface area contributed by atoms with E-state index < -0.39 is 121 Å². The zero-order valence-corrected chi connectivity index (χ0v) is 49.8. The Hall–Kier alpha value is -8.22. The maximum Gasteiger partial charge on any atom is 0.424 e. The number of imide groups is 2. The van der Waals surface area contributed by atoms with Gasteiger partial charge in [-0.25, -0.2) is 46.3 Å². The number of halogens is 4. The summed E-state index contributed by atoms with van der Waals surface area (Å²) in [5.74, 6) is -3.70. The Kier molecular flexibility index (Phi) is 23.4. The average Bonchev–Trinajstić information content (AvgIpc) is 3.06. The number of benzene rings is 4. The Morgan fingerprint density at radius 1 is 0.439 bits per heavy atom. The second-order valence-corrected chi connectivity index (χ2v) is 23.8. The molecule has 0 fully saturated rings.